The number of methoxy groups -OCH3 is 1. The number of carbonyl (C=O) groups excluding carboxylic acids is 2. The molecule has 0 radical (unpaired) electrons. The summed E-state index contributed by atoms with van der Waals surface area (Å²) in [6.45, 7) is 18.0. The molecule has 4 rings (SSSR count). The van der Waals surface area contributed by atoms with Crippen LogP contribution in [0.3, 0.4) is 0 Å². The fourth-order valence-corrected chi connectivity index (χ4v) is 7.07. The SMILES string of the molecule is C=CCN(/C=C1\C(=C)O[C@H](COC)[C@@]2(C)C1=C(O)C(=O)C1=C2[C@H](OC(C)=O)C[C@]2(C)C(O)CC[C@@H]12)CC=C. The first-order valence-corrected chi connectivity index (χ1v) is 13.1. The van der Waals surface area contributed by atoms with Gasteiger partial charge in [0.2, 0.25) is 5.78 Å². The molecular formula is C30H39NO7. The molecule has 6 atom stereocenters. The number of fused-ring (bicyclic) bond motifs is 4. The molecule has 1 heterocycles. The first-order chi connectivity index (χ1) is 17.9. The molecule has 0 amide bonds. The summed E-state index contributed by atoms with van der Waals surface area (Å²) in [6.07, 6.45) is 4.63. The van der Waals surface area contributed by atoms with Crippen molar-refractivity contribution in [1.29, 1.82) is 0 Å². The lowest BCUT2D eigenvalue weighted by Crippen LogP contribution is -2.56. The van der Waals surface area contributed by atoms with Crippen LogP contribution in [0.15, 0.2) is 71.9 Å². The maximum absolute atomic E-state index is 14.1. The van der Waals surface area contributed by atoms with Gasteiger partial charge in [-0.3, -0.25) is 9.59 Å². The van der Waals surface area contributed by atoms with Crippen LogP contribution in [0.2, 0.25) is 0 Å². The number of ether oxygens (including phenoxy) is 3. The van der Waals surface area contributed by atoms with E-state index in [1.807, 2.05) is 18.7 Å². The molecule has 206 valence electrons. The Labute approximate surface area is 224 Å². The third-order valence-electron chi connectivity index (χ3n) is 8.81. The second-order valence-corrected chi connectivity index (χ2v) is 11.1. The van der Waals surface area contributed by atoms with Gasteiger partial charge in [0.25, 0.3) is 0 Å². The van der Waals surface area contributed by atoms with Crippen molar-refractivity contribution in [1.82, 2.24) is 4.90 Å². The molecule has 0 bridgehead atoms. The smallest absolute Gasteiger partial charge is 0.303 e. The van der Waals surface area contributed by atoms with Gasteiger partial charge in [-0.15, -0.1) is 13.2 Å². The Morgan fingerprint density at radius 1 is 1.24 bits per heavy atom. The molecule has 1 saturated carbocycles. The van der Waals surface area contributed by atoms with Crippen molar-refractivity contribution in [2.75, 3.05) is 26.8 Å². The van der Waals surface area contributed by atoms with Crippen LogP contribution in [-0.4, -0.2) is 72.0 Å². The van der Waals surface area contributed by atoms with Crippen LogP contribution in [-0.2, 0) is 23.8 Å². The summed E-state index contributed by atoms with van der Waals surface area (Å²) < 4.78 is 17.8. The van der Waals surface area contributed by atoms with Crippen molar-refractivity contribution >= 4 is 11.8 Å². The van der Waals surface area contributed by atoms with Crippen LogP contribution < -0.4 is 0 Å². The highest BCUT2D eigenvalue weighted by molar-refractivity contribution is 6.11. The van der Waals surface area contributed by atoms with Gasteiger partial charge in [0.15, 0.2) is 5.76 Å². The Balaban J connectivity index is 2.01. The number of esters is 1. The van der Waals surface area contributed by atoms with Crippen molar-refractivity contribution in [3.05, 3.63) is 71.9 Å². The molecule has 2 N–H and O–H groups in total. The van der Waals surface area contributed by atoms with Crippen LogP contribution in [0.5, 0.6) is 0 Å². The molecule has 38 heavy (non-hydrogen) atoms. The normalized spacial score (nSPS) is 35.3. The fraction of sp³-hybridized carbons (Fsp3) is 0.533. The number of allylic oxidation sites excluding steroid dienone is 2. The van der Waals surface area contributed by atoms with Gasteiger partial charge in [-0.1, -0.05) is 25.7 Å². The summed E-state index contributed by atoms with van der Waals surface area (Å²) in [5.74, 6) is -1.39. The number of rotatable bonds is 8. The number of hydrogen-bond donors (Lipinski definition) is 2. The molecular weight excluding hydrogens is 486 g/mol. The number of hydrogen-bond acceptors (Lipinski definition) is 8. The van der Waals surface area contributed by atoms with E-state index >= 15 is 0 Å². The number of carbonyl (C=O) groups is 2. The first kappa shape index (κ1) is 27.9. The molecule has 0 aromatic rings. The molecule has 2 fully saturated rings. The quantitative estimate of drug-likeness (QED) is 0.363. The molecule has 8 heteroatoms. The zero-order chi connectivity index (χ0) is 28.0. The largest absolute Gasteiger partial charge is 0.504 e. The number of aliphatic hydroxyl groups excluding tert-OH is 2. The van der Waals surface area contributed by atoms with E-state index in [9.17, 15) is 19.8 Å². The van der Waals surface area contributed by atoms with E-state index in [1.165, 1.54) is 6.92 Å². The summed E-state index contributed by atoms with van der Waals surface area (Å²) in [7, 11) is 1.55. The molecule has 0 spiro atoms. The lowest BCUT2D eigenvalue weighted by molar-refractivity contribution is -0.150. The lowest BCUT2D eigenvalue weighted by atomic mass is 9.53. The van der Waals surface area contributed by atoms with Crippen molar-refractivity contribution in [2.45, 2.75) is 58.3 Å². The van der Waals surface area contributed by atoms with Crippen molar-refractivity contribution < 1.29 is 34.0 Å². The van der Waals surface area contributed by atoms with Gasteiger partial charge < -0.3 is 29.3 Å². The van der Waals surface area contributed by atoms with E-state index in [0.29, 0.717) is 60.4 Å². The minimum Gasteiger partial charge on any atom is -0.504 e. The van der Waals surface area contributed by atoms with Crippen LogP contribution in [0.4, 0.5) is 0 Å². The third-order valence-corrected chi connectivity index (χ3v) is 8.81. The minimum atomic E-state index is -1.08. The highest BCUT2D eigenvalue weighted by atomic mass is 16.5. The molecule has 1 aliphatic heterocycles. The predicted octanol–water partition coefficient (Wildman–Crippen LogP) is 3.91. The molecule has 0 aromatic heterocycles. The van der Waals surface area contributed by atoms with Crippen LogP contribution in [0.1, 0.15) is 40.0 Å². The molecule has 4 aliphatic rings. The zero-order valence-corrected chi connectivity index (χ0v) is 22.8. The molecule has 1 saturated heterocycles. The molecule has 0 aromatic carbocycles. The summed E-state index contributed by atoms with van der Waals surface area (Å²) >= 11 is 0. The van der Waals surface area contributed by atoms with E-state index in [-0.39, 0.29) is 18.3 Å². The fourth-order valence-electron chi connectivity index (χ4n) is 7.07. The van der Waals surface area contributed by atoms with E-state index in [1.54, 1.807) is 25.5 Å². The summed E-state index contributed by atoms with van der Waals surface area (Å²) in [6, 6.07) is 0. The van der Waals surface area contributed by atoms with Gasteiger partial charge in [-0.25, -0.2) is 0 Å². The third kappa shape index (κ3) is 4.14. The summed E-state index contributed by atoms with van der Waals surface area (Å²) in [4.78, 5) is 28.3. The van der Waals surface area contributed by atoms with Gasteiger partial charge in [-0.2, -0.15) is 0 Å². The van der Waals surface area contributed by atoms with Gasteiger partial charge >= 0.3 is 5.97 Å². The van der Waals surface area contributed by atoms with Gasteiger partial charge in [0.05, 0.1) is 18.1 Å². The second-order valence-electron chi connectivity index (χ2n) is 11.1. The zero-order valence-electron chi connectivity index (χ0n) is 22.8. The lowest BCUT2D eigenvalue weighted by Gasteiger charge is -2.54. The number of ketones is 1. The van der Waals surface area contributed by atoms with Gasteiger partial charge in [0, 0.05) is 55.5 Å². The predicted molar refractivity (Wildman–Crippen MR) is 143 cm³/mol. The van der Waals surface area contributed by atoms with Crippen molar-refractivity contribution in [2.24, 2.45) is 16.7 Å². The maximum Gasteiger partial charge on any atom is 0.303 e. The Hall–Kier alpha value is -3.10. The van der Waals surface area contributed by atoms with Crippen molar-refractivity contribution in [3.63, 3.8) is 0 Å². The number of nitrogens with zero attached hydrogens (tertiary/aromatic N) is 1. The highest BCUT2D eigenvalue weighted by Gasteiger charge is 2.63. The van der Waals surface area contributed by atoms with E-state index < -0.39 is 40.9 Å². The minimum absolute atomic E-state index is 0.144. The van der Waals surface area contributed by atoms with Gasteiger partial charge in [-0.05, 0) is 37.7 Å². The Bertz CT molecular complexity index is 1150. The van der Waals surface area contributed by atoms with Gasteiger partial charge in [0.1, 0.15) is 18.0 Å². The topological polar surface area (TPSA) is 106 Å². The number of aliphatic hydroxyl groups is 2. The Morgan fingerprint density at radius 3 is 2.47 bits per heavy atom. The van der Waals surface area contributed by atoms with E-state index in [4.69, 9.17) is 14.2 Å². The average molecular weight is 526 g/mol. The molecule has 8 nitrogen and oxygen atoms in total. The average Bonchev–Trinajstić information content (AvgIpc) is 3.13. The maximum atomic E-state index is 14.1. The van der Waals surface area contributed by atoms with Crippen LogP contribution in [0.25, 0.3) is 0 Å². The summed E-state index contributed by atoms with van der Waals surface area (Å²) in [5, 5.41) is 22.6. The van der Waals surface area contributed by atoms with E-state index in [2.05, 4.69) is 19.7 Å². The Kier molecular flexibility index (Phi) is 7.51. The second kappa shape index (κ2) is 10.2. The first-order valence-electron chi connectivity index (χ1n) is 13.1. The number of Topliss-reactive ketones (excluding diaryl/α,β-unsaturated/α-hetero) is 1. The monoisotopic (exact) mass is 525 g/mol. The molecule has 3 aliphatic carbocycles. The van der Waals surface area contributed by atoms with Crippen LogP contribution >= 0.6 is 0 Å². The Morgan fingerprint density at radius 2 is 1.89 bits per heavy atom. The van der Waals surface area contributed by atoms with E-state index in [0.717, 1.165) is 0 Å². The summed E-state index contributed by atoms with van der Waals surface area (Å²) in [5.41, 5.74) is 0.109. The highest BCUT2D eigenvalue weighted by Crippen LogP contribution is 2.63. The standard InChI is InChI=1S/C30H39NO7/c1-8-12-31(13-9-2)15-19-17(3)37-23(16-36-7)30(6)25(19)28(35)27(34)24-20-10-11-22(33)29(20,5)14-21(26(24)30)38-18(4)32/h8-9,15,20-23,33,35H,1-3,10-14,16H2,4-7H3/b19-15+/t20-,21+,22?,23+,29-,30-/m0/s1. The van der Waals surface area contributed by atoms with Crippen molar-refractivity contribution in [3.8, 4) is 0 Å². The van der Waals surface area contributed by atoms with Crippen LogP contribution in [0, 0.1) is 16.7 Å². The molecule has 1 unspecified atom stereocenters.